The molecule has 1 saturated heterocycles. The molecule has 6 nitrogen and oxygen atoms in total. The molecule has 1 N–H and O–H groups in total. The molecule has 0 aliphatic carbocycles. The van der Waals surface area contributed by atoms with Gasteiger partial charge in [-0.05, 0) is 37.8 Å². The lowest BCUT2D eigenvalue weighted by molar-refractivity contribution is -0.384. The van der Waals surface area contributed by atoms with Gasteiger partial charge in [0.25, 0.3) is 5.69 Å². The van der Waals surface area contributed by atoms with Gasteiger partial charge in [0.2, 0.25) is 0 Å². The Bertz CT molecular complexity index is 498. The highest BCUT2D eigenvalue weighted by atomic mass is 16.6. The zero-order chi connectivity index (χ0) is 15.4. The number of nitro benzene ring substituents is 1. The van der Waals surface area contributed by atoms with E-state index in [9.17, 15) is 15.2 Å². The predicted octanol–water partition coefficient (Wildman–Crippen LogP) is 2.65. The molecule has 21 heavy (non-hydrogen) atoms. The summed E-state index contributed by atoms with van der Waals surface area (Å²) in [6, 6.07) is 4.87. The molecular weight excluding hydrogens is 272 g/mol. The first-order valence-corrected chi connectivity index (χ1v) is 7.28. The van der Waals surface area contributed by atoms with Gasteiger partial charge >= 0.3 is 0 Å². The second-order valence-electron chi connectivity index (χ2n) is 5.55. The zero-order valence-corrected chi connectivity index (χ0v) is 12.5. The van der Waals surface area contributed by atoms with E-state index in [1.54, 1.807) is 19.1 Å². The van der Waals surface area contributed by atoms with Gasteiger partial charge < -0.3 is 14.7 Å². The maximum Gasteiger partial charge on any atom is 0.292 e. The Hall–Kier alpha value is -1.66. The molecule has 0 amide bonds. The number of rotatable bonds is 5. The molecule has 1 aromatic rings. The average molecular weight is 294 g/mol. The van der Waals surface area contributed by atoms with E-state index in [2.05, 4.69) is 0 Å². The highest BCUT2D eigenvalue weighted by molar-refractivity contribution is 5.64. The molecule has 2 rings (SSSR count). The average Bonchev–Trinajstić information content (AvgIpc) is 2.47. The minimum Gasteiger partial charge on any atom is -0.389 e. The quantitative estimate of drug-likeness (QED) is 0.667. The smallest absolute Gasteiger partial charge is 0.292 e. The van der Waals surface area contributed by atoms with E-state index in [-0.39, 0.29) is 11.8 Å². The van der Waals surface area contributed by atoms with Crippen LogP contribution in [0.15, 0.2) is 18.2 Å². The van der Waals surface area contributed by atoms with Crippen LogP contribution < -0.4 is 4.90 Å². The predicted molar refractivity (Wildman–Crippen MR) is 80.6 cm³/mol. The van der Waals surface area contributed by atoms with Crippen LogP contribution in [0.25, 0.3) is 0 Å². The standard InChI is InChI=1S/C15H22N2O4/c1-11(18)12-6-7-14(15(9-12)17(19)20)16(2)10-13-5-3-4-8-21-13/h6-7,9,11,13,18H,3-5,8,10H2,1-2H3/t11-,13?/m0/s1. The van der Waals surface area contributed by atoms with Gasteiger partial charge in [0.1, 0.15) is 5.69 Å². The van der Waals surface area contributed by atoms with Crippen LogP contribution in [0.1, 0.15) is 37.9 Å². The van der Waals surface area contributed by atoms with E-state index in [0.29, 0.717) is 17.8 Å². The number of ether oxygens (including phenoxy) is 1. The number of aliphatic hydroxyl groups is 1. The van der Waals surface area contributed by atoms with Crippen LogP contribution in [0.2, 0.25) is 0 Å². The number of nitrogens with zero attached hydrogens (tertiary/aromatic N) is 2. The Morgan fingerprint density at radius 3 is 2.86 bits per heavy atom. The van der Waals surface area contributed by atoms with Gasteiger partial charge in [-0.1, -0.05) is 6.07 Å². The Balaban J connectivity index is 2.18. The molecular formula is C15H22N2O4. The van der Waals surface area contributed by atoms with Crippen molar-refractivity contribution in [2.24, 2.45) is 0 Å². The van der Waals surface area contributed by atoms with Crippen LogP contribution in [-0.4, -0.2) is 36.3 Å². The van der Waals surface area contributed by atoms with Crippen LogP contribution in [0, 0.1) is 10.1 Å². The SMILES string of the molecule is C[C@H](O)c1ccc(N(C)CC2CCCCO2)c([N+](=O)[O-])c1. The topological polar surface area (TPSA) is 75.8 Å². The number of benzene rings is 1. The largest absolute Gasteiger partial charge is 0.389 e. The summed E-state index contributed by atoms with van der Waals surface area (Å²) < 4.78 is 5.68. The number of anilines is 1. The number of aliphatic hydroxyl groups excluding tert-OH is 1. The first-order chi connectivity index (χ1) is 9.99. The first-order valence-electron chi connectivity index (χ1n) is 7.28. The lowest BCUT2D eigenvalue weighted by Gasteiger charge is -2.28. The molecule has 1 aliphatic rings. The van der Waals surface area contributed by atoms with Crippen molar-refractivity contribution in [2.45, 2.75) is 38.4 Å². The summed E-state index contributed by atoms with van der Waals surface area (Å²) in [5.41, 5.74) is 1.12. The fraction of sp³-hybridized carbons (Fsp3) is 0.600. The van der Waals surface area contributed by atoms with Crippen LogP contribution in [-0.2, 0) is 4.74 Å². The van der Waals surface area contributed by atoms with E-state index in [4.69, 9.17) is 4.74 Å². The molecule has 0 saturated carbocycles. The molecule has 1 aliphatic heterocycles. The maximum atomic E-state index is 11.3. The normalized spacial score (nSPS) is 20.0. The van der Waals surface area contributed by atoms with Gasteiger partial charge in [-0.2, -0.15) is 0 Å². The highest BCUT2D eigenvalue weighted by Crippen LogP contribution is 2.31. The van der Waals surface area contributed by atoms with Gasteiger partial charge in [0.05, 0.1) is 17.1 Å². The third-order valence-corrected chi connectivity index (χ3v) is 3.84. The monoisotopic (exact) mass is 294 g/mol. The molecule has 2 atom stereocenters. The lowest BCUT2D eigenvalue weighted by atomic mass is 10.1. The van der Waals surface area contributed by atoms with Crippen molar-refractivity contribution in [2.75, 3.05) is 25.1 Å². The molecule has 0 radical (unpaired) electrons. The molecule has 1 aromatic carbocycles. The van der Waals surface area contributed by atoms with Crippen LogP contribution in [0.4, 0.5) is 11.4 Å². The third kappa shape index (κ3) is 3.92. The molecule has 0 aromatic heterocycles. The molecule has 1 fully saturated rings. The van der Waals surface area contributed by atoms with Gasteiger partial charge in [-0.3, -0.25) is 10.1 Å². The van der Waals surface area contributed by atoms with E-state index >= 15 is 0 Å². The Kier molecular flexibility index (Phi) is 5.14. The molecule has 0 spiro atoms. The second kappa shape index (κ2) is 6.87. The van der Waals surface area contributed by atoms with Crippen molar-refractivity contribution in [3.05, 3.63) is 33.9 Å². The summed E-state index contributed by atoms with van der Waals surface area (Å²) >= 11 is 0. The molecule has 0 bridgehead atoms. The summed E-state index contributed by atoms with van der Waals surface area (Å²) in [7, 11) is 1.84. The van der Waals surface area contributed by atoms with E-state index in [0.717, 1.165) is 25.9 Å². The number of likely N-dealkylation sites (N-methyl/N-ethyl adjacent to an activating group) is 1. The van der Waals surface area contributed by atoms with Crippen LogP contribution >= 0.6 is 0 Å². The molecule has 116 valence electrons. The number of hydrogen-bond acceptors (Lipinski definition) is 5. The summed E-state index contributed by atoms with van der Waals surface area (Å²) in [5.74, 6) is 0. The minimum atomic E-state index is -0.718. The fourth-order valence-electron chi connectivity index (χ4n) is 2.62. The van der Waals surface area contributed by atoms with Crippen LogP contribution in [0.3, 0.4) is 0 Å². The van der Waals surface area contributed by atoms with E-state index in [1.165, 1.54) is 6.07 Å². The van der Waals surface area contributed by atoms with Crippen molar-refractivity contribution in [3.8, 4) is 0 Å². The van der Waals surface area contributed by atoms with Gasteiger partial charge in [-0.15, -0.1) is 0 Å². The molecule has 1 unspecified atom stereocenters. The zero-order valence-electron chi connectivity index (χ0n) is 12.5. The van der Waals surface area contributed by atoms with Crippen molar-refractivity contribution in [1.82, 2.24) is 0 Å². The van der Waals surface area contributed by atoms with Gasteiger partial charge in [0, 0.05) is 26.3 Å². The molecule has 6 heteroatoms. The lowest BCUT2D eigenvalue weighted by Crippen LogP contribution is -2.33. The van der Waals surface area contributed by atoms with Crippen molar-refractivity contribution in [3.63, 3.8) is 0 Å². The maximum absolute atomic E-state index is 11.3. The molecule has 1 heterocycles. The van der Waals surface area contributed by atoms with Crippen molar-refractivity contribution >= 4 is 11.4 Å². The van der Waals surface area contributed by atoms with E-state index < -0.39 is 11.0 Å². The van der Waals surface area contributed by atoms with Crippen molar-refractivity contribution in [1.29, 1.82) is 0 Å². The second-order valence-corrected chi connectivity index (χ2v) is 5.55. The van der Waals surface area contributed by atoms with E-state index in [1.807, 2.05) is 11.9 Å². The summed E-state index contributed by atoms with van der Waals surface area (Å²) in [6.45, 7) is 2.99. The van der Waals surface area contributed by atoms with Crippen molar-refractivity contribution < 1.29 is 14.8 Å². The Morgan fingerprint density at radius 2 is 2.29 bits per heavy atom. The highest BCUT2D eigenvalue weighted by Gasteiger charge is 2.22. The Labute approximate surface area is 124 Å². The van der Waals surface area contributed by atoms with Gasteiger partial charge in [0.15, 0.2) is 0 Å². The summed E-state index contributed by atoms with van der Waals surface area (Å²) in [4.78, 5) is 12.7. The summed E-state index contributed by atoms with van der Waals surface area (Å²) in [6.07, 6.45) is 2.62. The van der Waals surface area contributed by atoms with Crippen LogP contribution in [0.5, 0.6) is 0 Å². The minimum absolute atomic E-state index is 0.0201. The third-order valence-electron chi connectivity index (χ3n) is 3.84. The number of hydrogen-bond donors (Lipinski definition) is 1. The fourth-order valence-corrected chi connectivity index (χ4v) is 2.62. The first kappa shape index (κ1) is 15.7. The van der Waals surface area contributed by atoms with Gasteiger partial charge in [-0.25, -0.2) is 0 Å². The summed E-state index contributed by atoms with van der Waals surface area (Å²) in [5, 5.41) is 20.8. The Morgan fingerprint density at radius 1 is 1.52 bits per heavy atom. The number of nitro groups is 1.